The van der Waals surface area contributed by atoms with Crippen LogP contribution in [0.2, 0.25) is 0 Å². The van der Waals surface area contributed by atoms with Gasteiger partial charge in [0.15, 0.2) is 0 Å². The first-order chi connectivity index (χ1) is 8.08. The normalized spacial score (nSPS) is 21.9. The molecule has 2 unspecified atom stereocenters. The number of anilines is 1. The first-order valence-electron chi connectivity index (χ1n) is 6.36. The van der Waals surface area contributed by atoms with Gasteiger partial charge in [-0.05, 0) is 37.8 Å². The van der Waals surface area contributed by atoms with E-state index in [1.165, 1.54) is 12.5 Å². The van der Waals surface area contributed by atoms with E-state index in [-0.39, 0.29) is 11.9 Å². The third kappa shape index (κ3) is 2.78. The Balaban J connectivity index is 2.29. The third-order valence-corrected chi connectivity index (χ3v) is 3.38. The molecule has 1 heterocycles. The summed E-state index contributed by atoms with van der Waals surface area (Å²) in [5.74, 6) is 0.570. The lowest BCUT2D eigenvalue weighted by molar-refractivity contribution is 0.594. The van der Waals surface area contributed by atoms with E-state index in [0.29, 0.717) is 12.3 Å². The van der Waals surface area contributed by atoms with Crippen LogP contribution < -0.4 is 10.6 Å². The van der Waals surface area contributed by atoms with Crippen molar-refractivity contribution in [2.45, 2.75) is 32.7 Å². The molecule has 1 saturated heterocycles. The molecule has 2 nitrogen and oxygen atoms in total. The van der Waals surface area contributed by atoms with Crippen LogP contribution in [-0.4, -0.2) is 19.1 Å². The van der Waals surface area contributed by atoms with Crippen LogP contribution in [0.25, 0.3) is 0 Å². The Labute approximate surface area is 103 Å². The Bertz CT molecular complexity index is 390. The molecule has 1 aromatic rings. The van der Waals surface area contributed by atoms with Crippen molar-refractivity contribution in [3.05, 3.63) is 29.6 Å². The minimum atomic E-state index is -0.126. The summed E-state index contributed by atoms with van der Waals surface area (Å²) in [6, 6.07) is 5.32. The molecule has 1 aliphatic rings. The number of hydrogen-bond acceptors (Lipinski definition) is 2. The van der Waals surface area contributed by atoms with Gasteiger partial charge in [0, 0.05) is 30.4 Å². The van der Waals surface area contributed by atoms with Gasteiger partial charge < -0.3 is 10.6 Å². The predicted octanol–water partition coefficient (Wildman–Crippen LogP) is 2.56. The largest absolute Gasteiger partial charge is 0.371 e. The molecule has 1 aromatic carbocycles. The number of halogens is 1. The van der Waals surface area contributed by atoms with Crippen LogP contribution in [0.15, 0.2) is 18.2 Å². The minimum absolute atomic E-state index is 0.00863. The molecule has 2 N–H and O–H groups in total. The molecular weight excluding hydrogens is 215 g/mol. The molecule has 0 aliphatic carbocycles. The Kier molecular flexibility index (Phi) is 3.67. The summed E-state index contributed by atoms with van der Waals surface area (Å²) in [7, 11) is 0. The second-order valence-electron chi connectivity index (χ2n) is 5.26. The van der Waals surface area contributed by atoms with Gasteiger partial charge in [0.1, 0.15) is 5.82 Å². The highest BCUT2D eigenvalue weighted by atomic mass is 19.1. The molecule has 0 radical (unpaired) electrons. The highest BCUT2D eigenvalue weighted by Gasteiger charge is 2.22. The standard InChI is InChI=1S/C14H21FN2/c1-10-6-7-17(9-10)14-5-3-4-13(15)12(14)8-11(2)16/h3-5,10-11H,6-9,16H2,1-2H3. The van der Waals surface area contributed by atoms with Crippen molar-refractivity contribution in [1.29, 1.82) is 0 Å². The lowest BCUT2D eigenvalue weighted by Crippen LogP contribution is -2.24. The highest BCUT2D eigenvalue weighted by Crippen LogP contribution is 2.29. The van der Waals surface area contributed by atoms with Gasteiger partial charge in [-0.3, -0.25) is 0 Å². The van der Waals surface area contributed by atoms with Crippen molar-refractivity contribution in [1.82, 2.24) is 0 Å². The van der Waals surface area contributed by atoms with Gasteiger partial charge >= 0.3 is 0 Å². The van der Waals surface area contributed by atoms with Gasteiger partial charge in [0.2, 0.25) is 0 Å². The van der Waals surface area contributed by atoms with E-state index in [9.17, 15) is 4.39 Å². The average Bonchev–Trinajstić information content (AvgIpc) is 2.67. The third-order valence-electron chi connectivity index (χ3n) is 3.38. The summed E-state index contributed by atoms with van der Waals surface area (Å²) in [4.78, 5) is 2.28. The van der Waals surface area contributed by atoms with Crippen molar-refractivity contribution in [3.8, 4) is 0 Å². The van der Waals surface area contributed by atoms with Crippen molar-refractivity contribution in [2.75, 3.05) is 18.0 Å². The first-order valence-corrected chi connectivity index (χ1v) is 6.36. The van der Waals surface area contributed by atoms with E-state index in [4.69, 9.17) is 5.73 Å². The number of benzene rings is 1. The van der Waals surface area contributed by atoms with Crippen molar-refractivity contribution < 1.29 is 4.39 Å². The van der Waals surface area contributed by atoms with Gasteiger partial charge in [0.05, 0.1) is 0 Å². The molecule has 94 valence electrons. The molecular formula is C14H21FN2. The molecule has 1 aliphatic heterocycles. The average molecular weight is 236 g/mol. The summed E-state index contributed by atoms with van der Waals surface area (Å²) >= 11 is 0. The molecule has 3 heteroatoms. The van der Waals surface area contributed by atoms with Crippen LogP contribution in [0, 0.1) is 11.7 Å². The van der Waals surface area contributed by atoms with Gasteiger partial charge in [-0.2, -0.15) is 0 Å². The van der Waals surface area contributed by atoms with E-state index < -0.39 is 0 Å². The molecule has 17 heavy (non-hydrogen) atoms. The fourth-order valence-electron chi connectivity index (χ4n) is 2.52. The van der Waals surface area contributed by atoms with Crippen LogP contribution in [-0.2, 0) is 6.42 Å². The van der Waals surface area contributed by atoms with Crippen molar-refractivity contribution in [2.24, 2.45) is 11.7 Å². The van der Waals surface area contributed by atoms with Gasteiger partial charge in [-0.1, -0.05) is 13.0 Å². The summed E-state index contributed by atoms with van der Waals surface area (Å²) in [6.45, 7) is 6.21. The van der Waals surface area contributed by atoms with Crippen molar-refractivity contribution >= 4 is 5.69 Å². The van der Waals surface area contributed by atoms with Crippen LogP contribution in [0.1, 0.15) is 25.8 Å². The summed E-state index contributed by atoms with van der Waals surface area (Å²) in [5, 5.41) is 0. The summed E-state index contributed by atoms with van der Waals surface area (Å²) < 4.78 is 13.9. The zero-order valence-corrected chi connectivity index (χ0v) is 10.6. The molecule has 0 bridgehead atoms. The van der Waals surface area contributed by atoms with Gasteiger partial charge in [-0.25, -0.2) is 4.39 Å². The zero-order chi connectivity index (χ0) is 12.4. The summed E-state index contributed by atoms with van der Waals surface area (Å²) in [5.41, 5.74) is 7.61. The lowest BCUT2D eigenvalue weighted by Gasteiger charge is -2.23. The molecule has 1 fully saturated rings. The topological polar surface area (TPSA) is 29.3 Å². The second kappa shape index (κ2) is 5.05. The Morgan fingerprint density at radius 3 is 2.88 bits per heavy atom. The molecule has 2 rings (SSSR count). The Morgan fingerprint density at radius 2 is 2.29 bits per heavy atom. The number of hydrogen-bond donors (Lipinski definition) is 1. The number of rotatable bonds is 3. The van der Waals surface area contributed by atoms with E-state index in [1.807, 2.05) is 13.0 Å². The lowest BCUT2D eigenvalue weighted by atomic mass is 10.0. The maximum absolute atomic E-state index is 13.9. The Hall–Kier alpha value is -1.09. The molecule has 0 spiro atoms. The van der Waals surface area contributed by atoms with E-state index in [1.54, 1.807) is 6.07 Å². The quantitative estimate of drug-likeness (QED) is 0.874. The number of nitrogens with two attached hydrogens (primary N) is 1. The molecule has 0 saturated carbocycles. The van der Waals surface area contributed by atoms with Crippen LogP contribution in [0.5, 0.6) is 0 Å². The highest BCUT2D eigenvalue weighted by molar-refractivity contribution is 5.55. The fourth-order valence-corrected chi connectivity index (χ4v) is 2.52. The zero-order valence-electron chi connectivity index (χ0n) is 10.6. The first kappa shape index (κ1) is 12.4. The monoisotopic (exact) mass is 236 g/mol. The minimum Gasteiger partial charge on any atom is -0.371 e. The summed E-state index contributed by atoms with van der Waals surface area (Å²) in [6.07, 6.45) is 1.79. The molecule has 0 amide bonds. The van der Waals surface area contributed by atoms with Gasteiger partial charge in [-0.15, -0.1) is 0 Å². The maximum atomic E-state index is 13.9. The maximum Gasteiger partial charge on any atom is 0.128 e. The second-order valence-corrected chi connectivity index (χ2v) is 5.26. The van der Waals surface area contributed by atoms with Crippen LogP contribution >= 0.6 is 0 Å². The number of nitrogens with zero attached hydrogens (tertiary/aromatic N) is 1. The smallest absolute Gasteiger partial charge is 0.128 e. The molecule has 0 aromatic heterocycles. The van der Waals surface area contributed by atoms with Crippen LogP contribution in [0.4, 0.5) is 10.1 Å². The SMILES string of the molecule is CC(N)Cc1c(F)cccc1N1CCC(C)C1. The predicted molar refractivity (Wildman–Crippen MR) is 69.7 cm³/mol. The Morgan fingerprint density at radius 1 is 1.53 bits per heavy atom. The van der Waals surface area contributed by atoms with Crippen molar-refractivity contribution in [3.63, 3.8) is 0 Å². The fraction of sp³-hybridized carbons (Fsp3) is 0.571. The van der Waals surface area contributed by atoms with E-state index in [2.05, 4.69) is 11.8 Å². The van der Waals surface area contributed by atoms with Crippen LogP contribution in [0.3, 0.4) is 0 Å². The van der Waals surface area contributed by atoms with Gasteiger partial charge in [0.25, 0.3) is 0 Å². The van der Waals surface area contributed by atoms with E-state index >= 15 is 0 Å². The molecule has 2 atom stereocenters. The van der Waals surface area contributed by atoms with E-state index in [0.717, 1.165) is 24.3 Å².